The first kappa shape index (κ1) is 49.5. The van der Waals surface area contributed by atoms with Crippen molar-refractivity contribution >= 4 is 33.2 Å². The third-order valence-corrected chi connectivity index (χ3v) is 13.6. The van der Waals surface area contributed by atoms with Crippen molar-refractivity contribution in [3.63, 3.8) is 0 Å². The molecule has 358 valence electrons. The van der Waals surface area contributed by atoms with Gasteiger partial charge in [-0.3, -0.25) is 0 Å². The Kier molecular flexibility index (Phi) is 13.0. The molecule has 2 aromatic heterocycles. The van der Waals surface area contributed by atoms with Crippen LogP contribution in [-0.2, 0) is 48.1 Å². The Morgan fingerprint density at radius 3 is 1.74 bits per heavy atom. The molecule has 6 aromatic carbocycles. The first-order valence-corrected chi connectivity index (χ1v) is 24.1. The molecule has 0 saturated carbocycles. The van der Waals surface area contributed by atoms with Crippen molar-refractivity contribution in [2.75, 3.05) is 9.80 Å². The minimum absolute atomic E-state index is 0. The van der Waals surface area contributed by atoms with E-state index in [4.69, 9.17) is 9.72 Å². The zero-order valence-corrected chi connectivity index (χ0v) is 45.2. The van der Waals surface area contributed by atoms with E-state index in [1.807, 2.05) is 12.3 Å². The summed E-state index contributed by atoms with van der Waals surface area (Å²) < 4.78 is 9.17. The average Bonchev–Trinajstić information content (AvgIpc) is 3.89. The standard InChI is InChI=1S/C63H67N4O.Pt/c1-59(2,3)45-29-30-64-58(37-45)67-55-28-25-43(42-21-17-15-18-22-42)31-54(55)53-27-26-51(39-56(53)67)68-52-36-48(62(10,11)12)33-49(38-52)65-40-57(63(13,14)44-23-19-16-20-24-44)66(41-65)50-34-46(60(4,5)6)32-47(35-50)61(7,8)9;/h15-37,40-41H,1-14H3;/q-3;. The van der Waals surface area contributed by atoms with E-state index in [9.17, 15) is 0 Å². The molecular formula is C63H67N4OPt-3. The minimum Gasteiger partial charge on any atom is -0.509 e. The fraction of sp³-hybridized carbons (Fsp3) is 0.302. The number of nitrogens with zero attached hydrogens (tertiary/aromatic N) is 4. The predicted octanol–water partition coefficient (Wildman–Crippen LogP) is 16.7. The van der Waals surface area contributed by atoms with E-state index < -0.39 is 0 Å². The molecule has 5 nitrogen and oxygen atoms in total. The second-order valence-electron chi connectivity index (χ2n) is 23.3. The summed E-state index contributed by atoms with van der Waals surface area (Å²) in [6, 6.07) is 55.6. The van der Waals surface area contributed by atoms with Crippen LogP contribution in [0.15, 0.2) is 152 Å². The van der Waals surface area contributed by atoms with E-state index in [0.717, 1.165) is 55.8 Å². The van der Waals surface area contributed by atoms with Gasteiger partial charge in [0.05, 0.1) is 0 Å². The van der Waals surface area contributed by atoms with Gasteiger partial charge in [0.15, 0.2) is 0 Å². The quantitative estimate of drug-likeness (QED) is 0.142. The molecule has 8 aromatic rings. The van der Waals surface area contributed by atoms with Gasteiger partial charge < -0.3 is 19.1 Å². The third-order valence-electron chi connectivity index (χ3n) is 13.6. The van der Waals surface area contributed by atoms with Crippen molar-refractivity contribution in [3.8, 4) is 28.4 Å². The molecule has 1 aliphatic rings. The summed E-state index contributed by atoms with van der Waals surface area (Å²) in [4.78, 5) is 9.58. The molecule has 0 bridgehead atoms. The molecule has 0 saturated heterocycles. The minimum atomic E-state index is -0.348. The van der Waals surface area contributed by atoms with Crippen LogP contribution < -0.4 is 14.5 Å². The summed E-state index contributed by atoms with van der Waals surface area (Å²) >= 11 is 0. The van der Waals surface area contributed by atoms with Gasteiger partial charge in [0, 0.05) is 61.1 Å². The topological polar surface area (TPSA) is 33.5 Å². The van der Waals surface area contributed by atoms with Crippen LogP contribution in [0.2, 0.25) is 0 Å². The number of rotatable bonds is 8. The van der Waals surface area contributed by atoms with Gasteiger partial charge in [-0.05, 0) is 97.0 Å². The Labute approximate surface area is 426 Å². The van der Waals surface area contributed by atoms with Crippen LogP contribution >= 0.6 is 0 Å². The van der Waals surface area contributed by atoms with Gasteiger partial charge >= 0.3 is 0 Å². The van der Waals surface area contributed by atoms with Crippen molar-refractivity contribution in [1.29, 1.82) is 0 Å². The molecule has 69 heavy (non-hydrogen) atoms. The van der Waals surface area contributed by atoms with E-state index in [1.165, 1.54) is 27.8 Å². The molecule has 9 rings (SSSR count). The maximum absolute atomic E-state index is 6.94. The maximum Gasteiger partial charge on any atom is 0.135 e. The number of allylic oxidation sites excluding steroid dienone is 1. The number of aromatic nitrogens is 2. The van der Waals surface area contributed by atoms with Crippen LogP contribution in [0.25, 0.3) is 38.8 Å². The van der Waals surface area contributed by atoms with Gasteiger partial charge in [0.25, 0.3) is 0 Å². The Bertz CT molecular complexity index is 3160. The Balaban J connectivity index is 0.00000642. The summed E-state index contributed by atoms with van der Waals surface area (Å²) in [5.41, 5.74) is 13.0. The predicted molar refractivity (Wildman–Crippen MR) is 286 cm³/mol. The summed E-state index contributed by atoms with van der Waals surface area (Å²) in [5.74, 6) is 2.07. The molecule has 0 fully saturated rings. The first-order chi connectivity index (χ1) is 31.9. The van der Waals surface area contributed by atoms with Crippen LogP contribution in [-0.4, -0.2) is 9.55 Å². The van der Waals surface area contributed by atoms with E-state index in [1.54, 1.807) is 0 Å². The van der Waals surface area contributed by atoms with Crippen LogP contribution in [0.5, 0.6) is 11.5 Å². The fourth-order valence-corrected chi connectivity index (χ4v) is 9.15. The van der Waals surface area contributed by atoms with E-state index in [2.05, 4.69) is 264 Å². The summed E-state index contributed by atoms with van der Waals surface area (Å²) in [7, 11) is 0. The number of ether oxygens (including phenoxy) is 1. The number of hydrogen-bond donors (Lipinski definition) is 0. The van der Waals surface area contributed by atoms with E-state index in [0.29, 0.717) is 11.5 Å². The monoisotopic (exact) mass is 1090 g/mol. The van der Waals surface area contributed by atoms with Crippen LogP contribution in [0.1, 0.15) is 125 Å². The Morgan fingerprint density at radius 1 is 0.507 bits per heavy atom. The third kappa shape index (κ3) is 9.96. The zero-order valence-electron chi connectivity index (χ0n) is 42.9. The largest absolute Gasteiger partial charge is 0.509 e. The van der Waals surface area contributed by atoms with Gasteiger partial charge in [-0.2, -0.15) is 6.07 Å². The molecule has 0 N–H and O–H groups in total. The zero-order chi connectivity index (χ0) is 48.6. The van der Waals surface area contributed by atoms with Crippen molar-refractivity contribution in [2.24, 2.45) is 0 Å². The molecule has 0 spiro atoms. The SMILES string of the molecule is CC(C)(C)c1cc(Oc2[c-]c3c(cc2)c2cc(-c4ccccc4)ccc2n3-c2cc(C(C)(C)C)ccn2)[c-]c(N2C=C(C(C)(C)c3ccccc3)N(c3cc(C(C)(C)C)cc(C(C)(C)C)c3)[CH-]2)c1.[Pt]. The average molecular weight is 1090 g/mol. The van der Waals surface area contributed by atoms with Gasteiger partial charge in [-0.15, -0.1) is 53.6 Å². The number of pyridine rings is 1. The van der Waals surface area contributed by atoms with Crippen molar-refractivity contribution in [3.05, 3.63) is 198 Å². The molecule has 3 heterocycles. The van der Waals surface area contributed by atoms with Gasteiger partial charge in [-0.1, -0.05) is 181 Å². The number of anilines is 2. The smallest absolute Gasteiger partial charge is 0.135 e. The van der Waals surface area contributed by atoms with Gasteiger partial charge in [0.1, 0.15) is 5.82 Å². The first-order valence-electron chi connectivity index (χ1n) is 24.1. The molecule has 6 heteroatoms. The summed E-state index contributed by atoms with van der Waals surface area (Å²) in [5, 5.41) is 2.21. The maximum atomic E-state index is 6.94. The number of hydrogen-bond acceptors (Lipinski definition) is 4. The molecule has 0 amide bonds. The molecule has 0 radical (unpaired) electrons. The number of benzene rings is 6. The Hall–Kier alpha value is -5.90. The Morgan fingerprint density at radius 2 is 1.12 bits per heavy atom. The van der Waals surface area contributed by atoms with Crippen LogP contribution in [0.4, 0.5) is 11.4 Å². The molecule has 0 unspecified atom stereocenters. The molecule has 0 atom stereocenters. The fourth-order valence-electron chi connectivity index (χ4n) is 9.15. The molecule has 0 aliphatic carbocycles. The van der Waals surface area contributed by atoms with E-state index >= 15 is 0 Å². The van der Waals surface area contributed by atoms with Crippen LogP contribution in [0.3, 0.4) is 0 Å². The van der Waals surface area contributed by atoms with Crippen LogP contribution in [0, 0.1) is 18.8 Å². The molecule has 1 aliphatic heterocycles. The second kappa shape index (κ2) is 18.1. The van der Waals surface area contributed by atoms with Gasteiger partial charge in [0.2, 0.25) is 0 Å². The normalized spacial score (nSPS) is 13.8. The summed E-state index contributed by atoms with van der Waals surface area (Å²) in [6.45, 7) is 34.2. The number of fused-ring (bicyclic) bond motifs is 3. The molecular weight excluding hydrogens is 1020 g/mol. The second-order valence-corrected chi connectivity index (χ2v) is 23.3. The van der Waals surface area contributed by atoms with Gasteiger partial charge in [-0.25, -0.2) is 4.98 Å². The van der Waals surface area contributed by atoms with Crippen molar-refractivity contribution < 1.29 is 25.8 Å². The summed E-state index contributed by atoms with van der Waals surface area (Å²) in [6.07, 6.45) is 4.21. The van der Waals surface area contributed by atoms with Crippen molar-refractivity contribution in [1.82, 2.24) is 9.55 Å². The van der Waals surface area contributed by atoms with Crippen molar-refractivity contribution in [2.45, 2.75) is 124 Å². The van der Waals surface area contributed by atoms with E-state index in [-0.39, 0.29) is 48.1 Å².